The third-order valence-corrected chi connectivity index (χ3v) is 5.75. The molecule has 0 saturated carbocycles. The fourth-order valence-electron chi connectivity index (χ4n) is 4.01. The predicted molar refractivity (Wildman–Crippen MR) is 131 cm³/mol. The minimum absolute atomic E-state index is 0.567. The zero-order valence-corrected chi connectivity index (χ0v) is 18.2. The maximum atomic E-state index is 2.36. The van der Waals surface area contributed by atoms with Crippen LogP contribution in [0, 0.1) is 6.92 Å². The van der Waals surface area contributed by atoms with Gasteiger partial charge in [0, 0.05) is 0 Å². The molecule has 4 rings (SSSR count). The molecule has 150 valence electrons. The number of rotatable bonds is 6. The molecule has 0 saturated heterocycles. The summed E-state index contributed by atoms with van der Waals surface area (Å²) in [5.74, 6) is 0.567. The van der Waals surface area contributed by atoms with Gasteiger partial charge in [-0.15, -0.1) is 0 Å². The van der Waals surface area contributed by atoms with Crippen LogP contribution in [-0.2, 0) is 6.42 Å². The molecule has 0 unspecified atom stereocenters. The first-order valence-electron chi connectivity index (χ1n) is 10.9. The summed E-state index contributed by atoms with van der Waals surface area (Å²) < 4.78 is 0. The lowest BCUT2D eigenvalue weighted by atomic mass is 9.95. The number of benzene rings is 3. The topological polar surface area (TPSA) is 0 Å². The Hall–Kier alpha value is -3.12. The molecule has 0 radical (unpaired) electrons. The lowest BCUT2D eigenvalue weighted by molar-refractivity contribution is 0.863. The van der Waals surface area contributed by atoms with Gasteiger partial charge in [-0.3, -0.25) is 0 Å². The van der Waals surface area contributed by atoms with Gasteiger partial charge in [0.2, 0.25) is 0 Å². The highest BCUT2D eigenvalue weighted by atomic mass is 14.1. The quantitative estimate of drug-likeness (QED) is 0.398. The van der Waals surface area contributed by atoms with Crippen molar-refractivity contribution in [1.29, 1.82) is 0 Å². The summed E-state index contributed by atoms with van der Waals surface area (Å²) in [6.45, 7) is 6.65. The van der Waals surface area contributed by atoms with Gasteiger partial charge in [0.15, 0.2) is 0 Å². The van der Waals surface area contributed by atoms with E-state index in [1.165, 1.54) is 44.5 Å². The average Bonchev–Trinajstić information content (AvgIpc) is 3.22. The van der Waals surface area contributed by atoms with Crippen molar-refractivity contribution >= 4 is 11.6 Å². The second-order valence-corrected chi connectivity index (χ2v) is 8.63. The van der Waals surface area contributed by atoms with Crippen LogP contribution in [0.5, 0.6) is 0 Å². The van der Waals surface area contributed by atoms with Crippen molar-refractivity contribution in [2.45, 2.75) is 39.5 Å². The lowest BCUT2D eigenvalue weighted by Gasteiger charge is -2.10. The third-order valence-electron chi connectivity index (χ3n) is 5.75. The molecule has 0 amide bonds. The summed E-state index contributed by atoms with van der Waals surface area (Å²) in [7, 11) is 0. The smallest absolute Gasteiger partial charge is 0.00198 e. The standard InChI is InChI=1S/C30H30/c1-22(2)28-11-5-9-26(20-28)18-27-10-6-12-29(21-27)30-16-15-25(19-30)14-13-24-8-4-7-23(3)17-24/h4-17,20-22H,18-19H2,1-3H3. The van der Waals surface area contributed by atoms with E-state index in [9.17, 15) is 0 Å². The maximum absolute atomic E-state index is 2.36. The first-order valence-corrected chi connectivity index (χ1v) is 10.9. The van der Waals surface area contributed by atoms with E-state index in [2.05, 4.69) is 118 Å². The molecule has 3 aromatic carbocycles. The fourth-order valence-corrected chi connectivity index (χ4v) is 4.01. The van der Waals surface area contributed by atoms with Crippen molar-refractivity contribution < 1.29 is 0 Å². The minimum Gasteiger partial charge on any atom is -0.0617 e. The van der Waals surface area contributed by atoms with Crippen molar-refractivity contribution in [3.05, 3.63) is 130 Å². The molecule has 0 bridgehead atoms. The SMILES string of the molecule is Cc1cccc(C=CC2=CC=C(c3cccc(Cc4cccc(C(C)C)c4)c3)C2)c1. The predicted octanol–water partition coefficient (Wildman–Crippen LogP) is 8.14. The molecule has 30 heavy (non-hydrogen) atoms. The van der Waals surface area contributed by atoms with Crippen LogP contribution < -0.4 is 0 Å². The summed E-state index contributed by atoms with van der Waals surface area (Å²) in [4.78, 5) is 0. The van der Waals surface area contributed by atoms with Crippen LogP contribution in [0.25, 0.3) is 11.6 Å². The molecule has 0 atom stereocenters. The molecule has 0 heterocycles. The second kappa shape index (κ2) is 9.13. The third kappa shape index (κ3) is 5.07. The van der Waals surface area contributed by atoms with Gasteiger partial charge in [0.05, 0.1) is 0 Å². The molecule has 0 aliphatic heterocycles. The van der Waals surface area contributed by atoms with Crippen LogP contribution in [0.4, 0.5) is 0 Å². The number of aryl methyl sites for hydroxylation is 1. The van der Waals surface area contributed by atoms with E-state index < -0.39 is 0 Å². The molecule has 0 heteroatoms. The first-order chi connectivity index (χ1) is 14.6. The molecule has 3 aromatic rings. The van der Waals surface area contributed by atoms with Crippen molar-refractivity contribution in [1.82, 2.24) is 0 Å². The van der Waals surface area contributed by atoms with Crippen LogP contribution in [-0.4, -0.2) is 0 Å². The van der Waals surface area contributed by atoms with E-state index >= 15 is 0 Å². The lowest BCUT2D eigenvalue weighted by Crippen LogP contribution is -1.93. The highest BCUT2D eigenvalue weighted by molar-refractivity contribution is 5.74. The number of hydrogen-bond acceptors (Lipinski definition) is 0. The molecule has 1 aliphatic rings. The van der Waals surface area contributed by atoms with Gasteiger partial charge in [0.25, 0.3) is 0 Å². The van der Waals surface area contributed by atoms with E-state index in [1.54, 1.807) is 0 Å². The van der Waals surface area contributed by atoms with E-state index in [0.29, 0.717) is 5.92 Å². The Morgan fingerprint density at radius 2 is 1.57 bits per heavy atom. The van der Waals surface area contributed by atoms with Gasteiger partial charge in [0.1, 0.15) is 0 Å². The van der Waals surface area contributed by atoms with Gasteiger partial charge in [-0.05, 0) is 64.6 Å². The molecule has 0 spiro atoms. The van der Waals surface area contributed by atoms with Gasteiger partial charge in [-0.25, -0.2) is 0 Å². The number of allylic oxidation sites excluding steroid dienone is 5. The first kappa shape index (κ1) is 20.2. The van der Waals surface area contributed by atoms with Crippen LogP contribution in [0.1, 0.15) is 59.6 Å². The molecule has 0 N–H and O–H groups in total. The second-order valence-electron chi connectivity index (χ2n) is 8.63. The normalized spacial score (nSPS) is 13.7. The average molecular weight is 391 g/mol. The van der Waals surface area contributed by atoms with Crippen LogP contribution in [0.15, 0.2) is 96.6 Å². The molecule has 0 nitrogen and oxygen atoms in total. The summed E-state index contributed by atoms with van der Waals surface area (Å²) >= 11 is 0. The maximum Gasteiger partial charge on any atom is -0.00198 e. The summed E-state index contributed by atoms with van der Waals surface area (Å²) in [6, 6.07) is 26.7. The van der Waals surface area contributed by atoms with E-state index in [-0.39, 0.29) is 0 Å². The highest BCUT2D eigenvalue weighted by Gasteiger charge is 2.10. The van der Waals surface area contributed by atoms with Crippen LogP contribution in [0.3, 0.4) is 0 Å². The Morgan fingerprint density at radius 1 is 0.800 bits per heavy atom. The van der Waals surface area contributed by atoms with E-state index in [4.69, 9.17) is 0 Å². The molecule has 1 aliphatic carbocycles. The highest BCUT2D eigenvalue weighted by Crippen LogP contribution is 2.30. The van der Waals surface area contributed by atoms with Crippen LogP contribution in [0.2, 0.25) is 0 Å². The monoisotopic (exact) mass is 390 g/mol. The summed E-state index contributed by atoms with van der Waals surface area (Å²) in [5.41, 5.74) is 10.8. The zero-order valence-electron chi connectivity index (χ0n) is 18.2. The van der Waals surface area contributed by atoms with Gasteiger partial charge < -0.3 is 0 Å². The Morgan fingerprint density at radius 3 is 2.37 bits per heavy atom. The fraction of sp³-hybridized carbons (Fsp3) is 0.200. The minimum atomic E-state index is 0.567. The summed E-state index contributed by atoms with van der Waals surface area (Å²) in [5, 5.41) is 0. The number of hydrogen-bond donors (Lipinski definition) is 0. The molecule has 0 fully saturated rings. The molecular formula is C30H30. The van der Waals surface area contributed by atoms with E-state index in [1.807, 2.05) is 0 Å². The summed E-state index contributed by atoms with van der Waals surface area (Å²) in [6.07, 6.45) is 11.0. The molecule has 0 aromatic heterocycles. The van der Waals surface area contributed by atoms with Gasteiger partial charge >= 0.3 is 0 Å². The van der Waals surface area contributed by atoms with E-state index in [0.717, 1.165) is 12.8 Å². The van der Waals surface area contributed by atoms with Gasteiger partial charge in [-0.2, -0.15) is 0 Å². The van der Waals surface area contributed by atoms with Gasteiger partial charge in [-0.1, -0.05) is 117 Å². The van der Waals surface area contributed by atoms with Crippen molar-refractivity contribution in [2.75, 3.05) is 0 Å². The Bertz CT molecular complexity index is 1120. The largest absolute Gasteiger partial charge is 0.0617 e. The van der Waals surface area contributed by atoms with Crippen LogP contribution >= 0.6 is 0 Å². The molecular weight excluding hydrogens is 360 g/mol. The van der Waals surface area contributed by atoms with Crippen molar-refractivity contribution in [3.8, 4) is 0 Å². The Kier molecular flexibility index (Phi) is 6.14. The van der Waals surface area contributed by atoms with Crippen molar-refractivity contribution in [2.24, 2.45) is 0 Å². The Balaban J connectivity index is 1.43. The van der Waals surface area contributed by atoms with Crippen molar-refractivity contribution in [3.63, 3.8) is 0 Å². The Labute approximate surface area is 181 Å². The zero-order chi connectivity index (χ0) is 20.9.